The van der Waals surface area contributed by atoms with Crippen molar-refractivity contribution in [3.05, 3.63) is 46.9 Å². The monoisotopic (exact) mass is 276 g/mol. The molecule has 98 valence electrons. The van der Waals surface area contributed by atoms with Gasteiger partial charge in [0.1, 0.15) is 0 Å². The number of rotatable bonds is 1. The van der Waals surface area contributed by atoms with Crippen LogP contribution in [-0.2, 0) is 6.42 Å². The number of carbonyl (C=O) groups is 1. The van der Waals surface area contributed by atoms with E-state index in [0.717, 1.165) is 29.8 Å². The molecule has 2 N–H and O–H groups in total. The number of nitrogens with zero attached hydrogens (tertiary/aromatic N) is 1. The van der Waals surface area contributed by atoms with Crippen molar-refractivity contribution in [3.63, 3.8) is 0 Å². The highest BCUT2D eigenvalue weighted by atomic mass is 35.5. The van der Waals surface area contributed by atoms with Crippen LogP contribution >= 0.6 is 11.6 Å². The number of hydrogen-bond acceptors (Lipinski definition) is 3. The standard InChI is InChI=1S/C14H13ClN2O2/c15-13-7-6-12(19-13)14(18)17-8-2-3-9-10(16)4-1-5-11(9)17/h1,4-7H,2-3,8,16H2. The molecule has 0 saturated heterocycles. The molecule has 0 bridgehead atoms. The van der Waals surface area contributed by atoms with Crippen LogP contribution in [0.1, 0.15) is 22.5 Å². The first kappa shape index (κ1) is 12.1. The summed E-state index contributed by atoms with van der Waals surface area (Å²) in [5.74, 6) is 0.0683. The lowest BCUT2D eigenvalue weighted by atomic mass is 9.99. The maximum atomic E-state index is 12.4. The third kappa shape index (κ3) is 2.08. The van der Waals surface area contributed by atoms with Crippen LogP contribution < -0.4 is 10.6 Å². The second-order valence-electron chi connectivity index (χ2n) is 4.51. The number of hydrogen-bond donors (Lipinski definition) is 1. The van der Waals surface area contributed by atoms with Crippen molar-refractivity contribution in [1.29, 1.82) is 0 Å². The van der Waals surface area contributed by atoms with Gasteiger partial charge in [-0.1, -0.05) is 6.07 Å². The molecule has 2 heterocycles. The summed E-state index contributed by atoms with van der Waals surface area (Å²) in [6.07, 6.45) is 1.78. The van der Waals surface area contributed by atoms with Gasteiger partial charge in [-0.05, 0) is 54.3 Å². The maximum absolute atomic E-state index is 12.4. The second kappa shape index (κ2) is 4.63. The lowest BCUT2D eigenvalue weighted by Gasteiger charge is -2.29. The normalized spacial score (nSPS) is 14.3. The molecule has 1 aliphatic heterocycles. The van der Waals surface area contributed by atoms with Gasteiger partial charge in [-0.2, -0.15) is 0 Å². The molecule has 0 spiro atoms. The summed E-state index contributed by atoms with van der Waals surface area (Å²) in [6, 6.07) is 8.78. The molecule has 1 aliphatic rings. The van der Waals surface area contributed by atoms with Gasteiger partial charge in [0.05, 0.1) is 0 Å². The van der Waals surface area contributed by atoms with Crippen molar-refractivity contribution >= 4 is 28.9 Å². The Morgan fingerprint density at radius 3 is 2.89 bits per heavy atom. The van der Waals surface area contributed by atoms with Crippen LogP contribution in [0.5, 0.6) is 0 Å². The summed E-state index contributed by atoms with van der Waals surface area (Å²) in [5, 5.41) is 0.216. The molecule has 1 amide bonds. The molecule has 0 unspecified atom stereocenters. The van der Waals surface area contributed by atoms with E-state index in [4.69, 9.17) is 21.8 Å². The van der Waals surface area contributed by atoms with Gasteiger partial charge < -0.3 is 15.1 Å². The highest BCUT2D eigenvalue weighted by Crippen LogP contribution is 2.32. The number of halogens is 1. The molecule has 1 aromatic heterocycles. The lowest BCUT2D eigenvalue weighted by Crippen LogP contribution is -2.35. The fourth-order valence-corrected chi connectivity index (χ4v) is 2.57. The minimum Gasteiger partial charge on any atom is -0.440 e. The molecule has 3 rings (SSSR count). The smallest absolute Gasteiger partial charge is 0.294 e. The number of amides is 1. The van der Waals surface area contributed by atoms with Crippen molar-refractivity contribution < 1.29 is 9.21 Å². The Hall–Kier alpha value is -1.94. The van der Waals surface area contributed by atoms with E-state index in [1.807, 2.05) is 18.2 Å². The van der Waals surface area contributed by atoms with Gasteiger partial charge in [0.2, 0.25) is 0 Å². The zero-order valence-corrected chi connectivity index (χ0v) is 11.0. The van der Waals surface area contributed by atoms with E-state index in [9.17, 15) is 4.79 Å². The van der Waals surface area contributed by atoms with E-state index in [0.29, 0.717) is 6.54 Å². The average molecular weight is 277 g/mol. The Bertz CT molecular complexity index is 636. The van der Waals surface area contributed by atoms with Crippen molar-refractivity contribution in [1.82, 2.24) is 0 Å². The number of furan rings is 1. The SMILES string of the molecule is Nc1cccc2c1CCCN2C(=O)c1ccc(Cl)o1. The average Bonchev–Trinajstić information content (AvgIpc) is 2.85. The van der Waals surface area contributed by atoms with Crippen molar-refractivity contribution in [2.75, 3.05) is 17.2 Å². The molecule has 2 aromatic rings. The van der Waals surface area contributed by atoms with E-state index < -0.39 is 0 Å². The number of fused-ring (bicyclic) bond motifs is 1. The molecule has 0 saturated carbocycles. The Kier molecular flexibility index (Phi) is 2.95. The number of carbonyl (C=O) groups excluding carboxylic acids is 1. The summed E-state index contributed by atoms with van der Waals surface area (Å²) in [6.45, 7) is 0.660. The third-order valence-electron chi connectivity index (χ3n) is 3.32. The van der Waals surface area contributed by atoms with E-state index in [1.165, 1.54) is 0 Å². The summed E-state index contributed by atoms with van der Waals surface area (Å²) < 4.78 is 5.19. The van der Waals surface area contributed by atoms with Crippen LogP contribution in [-0.4, -0.2) is 12.5 Å². The van der Waals surface area contributed by atoms with Gasteiger partial charge in [0.15, 0.2) is 11.0 Å². The minimum absolute atomic E-state index is 0.182. The van der Waals surface area contributed by atoms with Crippen LogP contribution in [0.3, 0.4) is 0 Å². The third-order valence-corrected chi connectivity index (χ3v) is 3.52. The number of nitrogen functional groups attached to an aromatic ring is 1. The first-order chi connectivity index (χ1) is 9.16. The first-order valence-corrected chi connectivity index (χ1v) is 6.49. The predicted octanol–water partition coefficient (Wildman–Crippen LogP) is 3.11. The van der Waals surface area contributed by atoms with Crippen molar-refractivity contribution in [2.24, 2.45) is 0 Å². The largest absolute Gasteiger partial charge is 0.440 e. The predicted molar refractivity (Wildman–Crippen MR) is 74.6 cm³/mol. The molecule has 0 fully saturated rings. The number of anilines is 2. The summed E-state index contributed by atoms with van der Waals surface area (Å²) >= 11 is 5.71. The Morgan fingerprint density at radius 1 is 1.32 bits per heavy atom. The molecular weight excluding hydrogens is 264 g/mol. The van der Waals surface area contributed by atoms with Crippen molar-refractivity contribution in [2.45, 2.75) is 12.8 Å². The molecule has 0 atom stereocenters. The van der Waals surface area contributed by atoms with Crippen molar-refractivity contribution in [3.8, 4) is 0 Å². The van der Waals surface area contributed by atoms with Gasteiger partial charge in [-0.15, -0.1) is 0 Å². The van der Waals surface area contributed by atoms with Crippen LogP contribution in [0, 0.1) is 0 Å². The topological polar surface area (TPSA) is 59.5 Å². The van der Waals surface area contributed by atoms with Crippen LogP contribution in [0.4, 0.5) is 11.4 Å². The first-order valence-electron chi connectivity index (χ1n) is 6.11. The lowest BCUT2D eigenvalue weighted by molar-refractivity contribution is 0.0958. The van der Waals surface area contributed by atoms with Gasteiger partial charge >= 0.3 is 0 Å². The molecule has 4 nitrogen and oxygen atoms in total. The Morgan fingerprint density at radius 2 is 2.16 bits per heavy atom. The quantitative estimate of drug-likeness (QED) is 0.814. The molecule has 19 heavy (non-hydrogen) atoms. The van der Waals surface area contributed by atoms with E-state index in [1.54, 1.807) is 17.0 Å². The summed E-state index contributed by atoms with van der Waals surface area (Å²) in [5.41, 5.74) is 8.59. The van der Waals surface area contributed by atoms with Crippen LogP contribution in [0.15, 0.2) is 34.7 Å². The van der Waals surface area contributed by atoms with Gasteiger partial charge in [-0.3, -0.25) is 4.79 Å². The molecule has 1 aromatic carbocycles. The zero-order chi connectivity index (χ0) is 13.4. The zero-order valence-electron chi connectivity index (χ0n) is 10.2. The second-order valence-corrected chi connectivity index (χ2v) is 4.88. The fourth-order valence-electron chi connectivity index (χ4n) is 2.42. The maximum Gasteiger partial charge on any atom is 0.294 e. The summed E-state index contributed by atoms with van der Waals surface area (Å²) in [4.78, 5) is 14.1. The van der Waals surface area contributed by atoms with Gasteiger partial charge in [-0.25, -0.2) is 0 Å². The Labute approximate surface area is 115 Å². The van der Waals surface area contributed by atoms with Gasteiger partial charge in [0, 0.05) is 17.9 Å². The van der Waals surface area contributed by atoms with E-state index in [-0.39, 0.29) is 16.9 Å². The van der Waals surface area contributed by atoms with Gasteiger partial charge in [0.25, 0.3) is 5.91 Å². The molecular formula is C14H13ClN2O2. The molecule has 5 heteroatoms. The fraction of sp³-hybridized carbons (Fsp3) is 0.214. The molecule has 0 aliphatic carbocycles. The highest BCUT2D eigenvalue weighted by molar-refractivity contribution is 6.29. The highest BCUT2D eigenvalue weighted by Gasteiger charge is 2.26. The number of nitrogens with two attached hydrogens (primary N) is 1. The van der Waals surface area contributed by atoms with E-state index in [2.05, 4.69) is 0 Å². The van der Waals surface area contributed by atoms with E-state index >= 15 is 0 Å². The molecule has 0 radical (unpaired) electrons. The Balaban J connectivity index is 2.00. The number of benzene rings is 1. The minimum atomic E-state index is -0.182. The summed E-state index contributed by atoms with van der Waals surface area (Å²) in [7, 11) is 0. The van der Waals surface area contributed by atoms with Crippen LogP contribution in [0.2, 0.25) is 5.22 Å². The van der Waals surface area contributed by atoms with Crippen LogP contribution in [0.25, 0.3) is 0 Å².